The maximum Gasteiger partial charge on any atom is 0.320 e. The molecule has 1 aliphatic rings. The number of carbonyl (C=O) groups excluding carboxylic acids is 1. The Morgan fingerprint density at radius 3 is 2.67 bits per heavy atom. The first-order chi connectivity index (χ1) is 14.5. The SMILES string of the molecule is CC(=O)O[C@@H]1CCN[C@@H]1Cc1ccc(OCCCNCCCC[C@@H](N)C(=O)O)cc1. The van der Waals surface area contributed by atoms with Gasteiger partial charge in [0.15, 0.2) is 0 Å². The number of carboxylic acids is 1. The smallest absolute Gasteiger partial charge is 0.320 e. The fourth-order valence-corrected chi connectivity index (χ4v) is 3.53. The van der Waals surface area contributed by atoms with Crippen LogP contribution in [0.5, 0.6) is 5.75 Å². The number of hydrogen-bond donors (Lipinski definition) is 4. The lowest BCUT2D eigenvalue weighted by Gasteiger charge is -2.19. The molecule has 1 fully saturated rings. The van der Waals surface area contributed by atoms with Gasteiger partial charge in [0.2, 0.25) is 0 Å². The van der Waals surface area contributed by atoms with Crippen LogP contribution in [0.4, 0.5) is 0 Å². The summed E-state index contributed by atoms with van der Waals surface area (Å²) in [5.74, 6) is -0.318. The van der Waals surface area contributed by atoms with Gasteiger partial charge in [0.05, 0.1) is 6.61 Å². The van der Waals surface area contributed by atoms with Crippen molar-refractivity contribution in [2.75, 3.05) is 26.2 Å². The van der Waals surface area contributed by atoms with Gasteiger partial charge in [-0.3, -0.25) is 9.59 Å². The summed E-state index contributed by atoms with van der Waals surface area (Å²) in [6.07, 6.45) is 4.75. The van der Waals surface area contributed by atoms with E-state index in [0.717, 1.165) is 57.5 Å². The van der Waals surface area contributed by atoms with Crippen LogP contribution in [0.2, 0.25) is 0 Å². The van der Waals surface area contributed by atoms with Crippen LogP contribution >= 0.6 is 0 Å². The molecule has 1 saturated heterocycles. The molecule has 8 nitrogen and oxygen atoms in total. The highest BCUT2D eigenvalue weighted by atomic mass is 16.5. The number of esters is 1. The molecule has 0 spiro atoms. The van der Waals surface area contributed by atoms with Crippen molar-refractivity contribution in [1.29, 1.82) is 0 Å². The van der Waals surface area contributed by atoms with Gasteiger partial charge in [-0.1, -0.05) is 18.6 Å². The van der Waals surface area contributed by atoms with Gasteiger partial charge in [-0.05, 0) is 69.4 Å². The largest absolute Gasteiger partial charge is 0.494 e. The third-order valence-corrected chi connectivity index (χ3v) is 5.18. The normalized spacial score (nSPS) is 19.4. The number of ether oxygens (including phenoxy) is 2. The molecule has 8 heteroatoms. The van der Waals surface area contributed by atoms with Crippen molar-refractivity contribution in [2.24, 2.45) is 5.73 Å². The summed E-state index contributed by atoms with van der Waals surface area (Å²) in [6, 6.07) is 7.47. The van der Waals surface area contributed by atoms with E-state index in [1.807, 2.05) is 12.1 Å². The van der Waals surface area contributed by atoms with E-state index in [1.165, 1.54) is 12.5 Å². The standard InChI is InChI=1S/C22H35N3O5/c1-16(26)30-21-10-13-25-20(21)15-17-6-8-18(9-7-17)29-14-4-12-24-11-3-2-5-19(23)22(27)28/h6-9,19-21,24-25H,2-5,10-15,23H2,1H3,(H,27,28)/t19-,20-,21-/m1/s1. The quantitative estimate of drug-likeness (QED) is 0.263. The van der Waals surface area contributed by atoms with Crippen LogP contribution in [0.1, 0.15) is 44.6 Å². The fraction of sp³-hybridized carbons (Fsp3) is 0.636. The second-order valence-corrected chi connectivity index (χ2v) is 7.74. The van der Waals surface area contributed by atoms with E-state index in [1.54, 1.807) is 0 Å². The molecule has 2 rings (SSSR count). The van der Waals surface area contributed by atoms with Crippen LogP contribution in [-0.2, 0) is 20.7 Å². The Kier molecular flexibility index (Phi) is 10.6. The van der Waals surface area contributed by atoms with Gasteiger partial charge < -0.3 is 30.9 Å². The highest BCUT2D eigenvalue weighted by Crippen LogP contribution is 2.19. The second-order valence-electron chi connectivity index (χ2n) is 7.74. The Bertz CT molecular complexity index is 653. The van der Waals surface area contributed by atoms with E-state index in [0.29, 0.717) is 13.0 Å². The van der Waals surface area contributed by atoms with Gasteiger partial charge in [-0.15, -0.1) is 0 Å². The Morgan fingerprint density at radius 2 is 1.97 bits per heavy atom. The third-order valence-electron chi connectivity index (χ3n) is 5.18. The average Bonchev–Trinajstić information content (AvgIpc) is 3.13. The zero-order chi connectivity index (χ0) is 21.8. The minimum Gasteiger partial charge on any atom is -0.494 e. The number of benzene rings is 1. The van der Waals surface area contributed by atoms with Crippen molar-refractivity contribution in [1.82, 2.24) is 10.6 Å². The molecule has 0 unspecified atom stereocenters. The summed E-state index contributed by atoms with van der Waals surface area (Å²) >= 11 is 0. The molecule has 168 valence electrons. The van der Waals surface area contributed by atoms with Crippen molar-refractivity contribution in [3.63, 3.8) is 0 Å². The molecule has 0 amide bonds. The van der Waals surface area contributed by atoms with Crippen molar-refractivity contribution in [2.45, 2.75) is 63.6 Å². The topological polar surface area (TPSA) is 123 Å². The maximum atomic E-state index is 11.2. The Hall–Kier alpha value is -2.16. The number of hydrogen-bond acceptors (Lipinski definition) is 7. The molecule has 3 atom stereocenters. The van der Waals surface area contributed by atoms with Crippen molar-refractivity contribution in [3.05, 3.63) is 29.8 Å². The predicted molar refractivity (Wildman–Crippen MR) is 115 cm³/mol. The lowest BCUT2D eigenvalue weighted by Crippen LogP contribution is -2.35. The van der Waals surface area contributed by atoms with Crippen LogP contribution < -0.4 is 21.1 Å². The maximum absolute atomic E-state index is 11.2. The first kappa shape index (κ1) is 24.1. The summed E-state index contributed by atoms with van der Waals surface area (Å²) < 4.78 is 11.2. The number of unbranched alkanes of at least 4 members (excludes halogenated alkanes) is 1. The summed E-state index contributed by atoms with van der Waals surface area (Å²) in [5.41, 5.74) is 6.65. The van der Waals surface area contributed by atoms with Crippen molar-refractivity contribution >= 4 is 11.9 Å². The third kappa shape index (κ3) is 9.11. The first-order valence-electron chi connectivity index (χ1n) is 10.8. The molecule has 30 heavy (non-hydrogen) atoms. The van der Waals surface area contributed by atoms with E-state index < -0.39 is 12.0 Å². The number of nitrogens with one attached hydrogen (secondary N) is 2. The van der Waals surface area contributed by atoms with E-state index in [2.05, 4.69) is 22.8 Å². The molecule has 1 heterocycles. The van der Waals surface area contributed by atoms with Crippen LogP contribution in [0.25, 0.3) is 0 Å². The molecule has 1 aliphatic heterocycles. The first-order valence-corrected chi connectivity index (χ1v) is 10.8. The Morgan fingerprint density at radius 1 is 1.23 bits per heavy atom. The molecule has 5 N–H and O–H groups in total. The summed E-state index contributed by atoms with van der Waals surface area (Å²) in [5, 5.41) is 15.5. The second kappa shape index (κ2) is 13.2. The lowest BCUT2D eigenvalue weighted by atomic mass is 10.0. The zero-order valence-electron chi connectivity index (χ0n) is 17.8. The van der Waals surface area contributed by atoms with Gasteiger partial charge in [-0.2, -0.15) is 0 Å². The number of carbonyl (C=O) groups is 2. The average molecular weight is 422 g/mol. The number of rotatable bonds is 14. The van der Waals surface area contributed by atoms with Crippen LogP contribution in [-0.4, -0.2) is 61.5 Å². The molecule has 0 aliphatic carbocycles. The fourth-order valence-electron chi connectivity index (χ4n) is 3.53. The minimum absolute atomic E-state index is 0.0557. The molecule has 0 bridgehead atoms. The molecule has 0 aromatic heterocycles. The molecule has 0 saturated carbocycles. The number of nitrogens with two attached hydrogens (primary N) is 1. The molecule has 1 aromatic rings. The highest BCUT2D eigenvalue weighted by molar-refractivity contribution is 5.72. The molecule has 1 aromatic carbocycles. The predicted octanol–water partition coefficient (Wildman–Crippen LogP) is 1.46. The van der Waals surface area contributed by atoms with Crippen LogP contribution in [0, 0.1) is 0 Å². The Labute approximate surface area is 178 Å². The molecule has 0 radical (unpaired) electrons. The van der Waals surface area contributed by atoms with E-state index in [-0.39, 0.29) is 18.1 Å². The zero-order valence-corrected chi connectivity index (χ0v) is 17.8. The highest BCUT2D eigenvalue weighted by Gasteiger charge is 2.29. The van der Waals surface area contributed by atoms with Crippen LogP contribution in [0.3, 0.4) is 0 Å². The molecular weight excluding hydrogens is 386 g/mol. The van der Waals surface area contributed by atoms with Gasteiger partial charge in [-0.25, -0.2) is 0 Å². The summed E-state index contributed by atoms with van der Waals surface area (Å²) in [7, 11) is 0. The van der Waals surface area contributed by atoms with E-state index in [4.69, 9.17) is 20.3 Å². The van der Waals surface area contributed by atoms with Crippen LogP contribution in [0.15, 0.2) is 24.3 Å². The summed E-state index contributed by atoms with van der Waals surface area (Å²) in [6.45, 7) is 4.66. The van der Waals surface area contributed by atoms with Crippen molar-refractivity contribution in [3.8, 4) is 5.75 Å². The summed E-state index contributed by atoms with van der Waals surface area (Å²) in [4.78, 5) is 21.8. The van der Waals surface area contributed by atoms with E-state index >= 15 is 0 Å². The minimum atomic E-state index is -0.936. The monoisotopic (exact) mass is 421 g/mol. The van der Waals surface area contributed by atoms with Gasteiger partial charge in [0.25, 0.3) is 0 Å². The molecular formula is C22H35N3O5. The van der Waals surface area contributed by atoms with E-state index in [9.17, 15) is 9.59 Å². The van der Waals surface area contributed by atoms with Gasteiger partial charge in [0.1, 0.15) is 17.9 Å². The van der Waals surface area contributed by atoms with Gasteiger partial charge >= 0.3 is 11.9 Å². The van der Waals surface area contributed by atoms with Gasteiger partial charge in [0, 0.05) is 13.0 Å². The van der Waals surface area contributed by atoms with Crippen molar-refractivity contribution < 1.29 is 24.2 Å². The lowest BCUT2D eigenvalue weighted by molar-refractivity contribution is -0.146. The Balaban J connectivity index is 1.55. The number of carboxylic acid groups (broad SMARTS) is 1. The number of aliphatic carboxylic acids is 1.